The van der Waals surface area contributed by atoms with E-state index in [0.717, 1.165) is 12.8 Å². The molecule has 1 saturated heterocycles. The lowest BCUT2D eigenvalue weighted by molar-refractivity contribution is -0.122. The van der Waals surface area contributed by atoms with Gasteiger partial charge in [0, 0.05) is 37.9 Å². The van der Waals surface area contributed by atoms with Crippen LogP contribution in [0.2, 0.25) is 5.02 Å². The lowest BCUT2D eigenvalue weighted by atomic mass is 10.1. The van der Waals surface area contributed by atoms with Crippen LogP contribution >= 0.6 is 22.9 Å². The Morgan fingerprint density at radius 2 is 2.05 bits per heavy atom. The molecule has 0 unspecified atom stereocenters. The summed E-state index contributed by atoms with van der Waals surface area (Å²) < 4.78 is 1.72. The first-order chi connectivity index (χ1) is 18.3. The van der Waals surface area contributed by atoms with Crippen molar-refractivity contribution in [3.63, 3.8) is 0 Å². The minimum Gasteiger partial charge on any atom is -0.370 e. The minimum absolute atomic E-state index is 0.105. The maximum atomic E-state index is 13.3. The molecule has 6 N–H and O–H groups in total. The molecular weight excluding hydrogens is 530 g/mol. The van der Waals surface area contributed by atoms with Gasteiger partial charge in [0.2, 0.25) is 5.91 Å². The highest BCUT2D eigenvalue weighted by Gasteiger charge is 2.34. The van der Waals surface area contributed by atoms with Gasteiger partial charge >= 0.3 is 0 Å². The number of carbonyl (C=O) groups excluding carboxylic acids is 3. The van der Waals surface area contributed by atoms with E-state index in [0.29, 0.717) is 53.7 Å². The van der Waals surface area contributed by atoms with Gasteiger partial charge in [-0.1, -0.05) is 11.6 Å². The first-order valence-corrected chi connectivity index (χ1v) is 13.5. The van der Waals surface area contributed by atoms with Crippen molar-refractivity contribution < 1.29 is 14.4 Å². The molecule has 1 aliphatic rings. The Kier molecular flexibility index (Phi) is 8.79. The fourth-order valence-corrected chi connectivity index (χ4v) is 5.51. The molecule has 2 atom stereocenters. The second-order valence-electron chi connectivity index (χ2n) is 8.94. The topological polar surface area (TPSA) is 171 Å². The number of halogens is 1. The van der Waals surface area contributed by atoms with Gasteiger partial charge in [-0.15, -0.1) is 11.3 Å². The summed E-state index contributed by atoms with van der Waals surface area (Å²) in [5.74, 6) is -1.05. The number of likely N-dealkylation sites (tertiary alicyclic amines) is 1. The number of fused-ring (bicyclic) bond motifs is 1. The number of hydrogen-bond donors (Lipinski definition) is 5. The molecule has 1 aliphatic heterocycles. The number of likely N-dealkylation sites (N-methyl/N-ethyl adjacent to an activating group) is 1. The van der Waals surface area contributed by atoms with E-state index in [2.05, 4.69) is 25.9 Å². The number of hydrogen-bond acceptors (Lipinski definition) is 7. The zero-order valence-corrected chi connectivity index (χ0v) is 22.4. The smallest absolute Gasteiger partial charge is 0.274 e. The first-order valence-electron chi connectivity index (χ1n) is 12.3. The number of nitrogens with zero attached hydrogens (tertiary/aromatic N) is 4. The number of carbonyl (C=O) groups is 3. The zero-order valence-electron chi connectivity index (χ0n) is 20.9. The van der Waals surface area contributed by atoms with Crippen molar-refractivity contribution in [2.24, 2.45) is 5.73 Å². The fourth-order valence-electron chi connectivity index (χ4n) is 4.40. The largest absolute Gasteiger partial charge is 0.370 e. The van der Waals surface area contributed by atoms with Gasteiger partial charge in [-0.25, -0.2) is 9.97 Å². The summed E-state index contributed by atoms with van der Waals surface area (Å²) in [7, 11) is 1.52. The predicted octanol–water partition coefficient (Wildman–Crippen LogP) is 1.92. The number of guanidine groups is 1. The van der Waals surface area contributed by atoms with E-state index in [4.69, 9.17) is 22.7 Å². The quantitative estimate of drug-likeness (QED) is 0.143. The van der Waals surface area contributed by atoms with Crippen molar-refractivity contribution in [1.29, 1.82) is 5.41 Å². The van der Waals surface area contributed by atoms with E-state index in [1.165, 1.54) is 18.4 Å². The fraction of sp³-hybridized carbons (Fsp3) is 0.417. The Balaban J connectivity index is 1.41. The van der Waals surface area contributed by atoms with Crippen LogP contribution in [0.25, 0.3) is 5.65 Å². The van der Waals surface area contributed by atoms with Crippen LogP contribution in [0.4, 0.5) is 0 Å². The molecule has 0 bridgehead atoms. The molecule has 3 aromatic rings. The summed E-state index contributed by atoms with van der Waals surface area (Å²) in [5, 5.41) is 18.1. The highest BCUT2D eigenvalue weighted by Crippen LogP contribution is 2.35. The van der Waals surface area contributed by atoms with Gasteiger partial charge in [0.1, 0.15) is 28.1 Å². The van der Waals surface area contributed by atoms with Gasteiger partial charge in [-0.3, -0.25) is 19.8 Å². The van der Waals surface area contributed by atoms with Gasteiger partial charge in [0.25, 0.3) is 11.8 Å². The van der Waals surface area contributed by atoms with Crippen LogP contribution in [-0.2, 0) is 4.79 Å². The monoisotopic (exact) mass is 559 g/mol. The van der Waals surface area contributed by atoms with Crippen molar-refractivity contribution in [2.75, 3.05) is 20.1 Å². The van der Waals surface area contributed by atoms with E-state index >= 15 is 0 Å². The van der Waals surface area contributed by atoms with Gasteiger partial charge < -0.3 is 31.0 Å². The van der Waals surface area contributed by atoms with Crippen LogP contribution in [0.3, 0.4) is 0 Å². The molecule has 38 heavy (non-hydrogen) atoms. The Hall–Kier alpha value is -3.71. The number of nitrogens with two attached hydrogens (primary N) is 1. The maximum Gasteiger partial charge on any atom is 0.274 e. The molecule has 202 valence electrons. The molecule has 0 saturated carbocycles. The molecule has 14 heteroatoms. The second kappa shape index (κ2) is 12.2. The van der Waals surface area contributed by atoms with Gasteiger partial charge in [0.05, 0.1) is 11.1 Å². The highest BCUT2D eigenvalue weighted by atomic mass is 35.5. The van der Waals surface area contributed by atoms with Gasteiger partial charge in [-0.2, -0.15) is 0 Å². The second-order valence-corrected chi connectivity index (χ2v) is 10.3. The zero-order chi connectivity index (χ0) is 27.2. The van der Waals surface area contributed by atoms with E-state index in [1.54, 1.807) is 39.2 Å². The number of amides is 3. The van der Waals surface area contributed by atoms with E-state index in [-0.39, 0.29) is 29.5 Å². The predicted molar refractivity (Wildman–Crippen MR) is 144 cm³/mol. The average molecular weight is 560 g/mol. The summed E-state index contributed by atoms with van der Waals surface area (Å²) in [4.78, 5) is 49.3. The summed E-state index contributed by atoms with van der Waals surface area (Å²) in [6.07, 6.45) is 6.67. The van der Waals surface area contributed by atoms with Crippen molar-refractivity contribution in [3.05, 3.63) is 51.3 Å². The SMILES string of the molecule is CNC(=O)[C@H](CCCCNC(=N)N)NC(=O)c1csc([C@@H]2CCCN2C(=O)c2cn3cc(Cl)ccc3n2)n1. The third kappa shape index (κ3) is 6.40. The number of imidazole rings is 1. The number of rotatable bonds is 10. The van der Waals surface area contributed by atoms with Crippen molar-refractivity contribution >= 4 is 52.3 Å². The molecule has 3 aromatic heterocycles. The summed E-state index contributed by atoms with van der Waals surface area (Å²) in [6, 6.07) is 2.50. The van der Waals surface area contributed by atoms with Crippen LogP contribution in [-0.4, -0.2) is 69.1 Å². The molecular formula is C24H30ClN9O3S. The third-order valence-corrected chi connectivity index (χ3v) is 7.46. The number of nitrogens with one attached hydrogen (secondary N) is 4. The summed E-state index contributed by atoms with van der Waals surface area (Å²) in [5.41, 5.74) is 6.43. The minimum atomic E-state index is -0.719. The van der Waals surface area contributed by atoms with Crippen molar-refractivity contribution in [1.82, 2.24) is 35.2 Å². The van der Waals surface area contributed by atoms with Crippen LogP contribution in [0.5, 0.6) is 0 Å². The summed E-state index contributed by atoms with van der Waals surface area (Å²) in [6.45, 7) is 1.08. The molecule has 0 aliphatic carbocycles. The Bertz CT molecular complexity index is 1340. The molecule has 0 spiro atoms. The third-order valence-electron chi connectivity index (χ3n) is 6.29. The lowest BCUT2D eigenvalue weighted by Gasteiger charge is -2.22. The number of thiazole rings is 1. The van der Waals surface area contributed by atoms with E-state index < -0.39 is 11.9 Å². The van der Waals surface area contributed by atoms with E-state index in [9.17, 15) is 14.4 Å². The normalized spacial score (nSPS) is 15.8. The number of unbranched alkanes of at least 4 members (excludes halogenated alkanes) is 1. The number of aromatic nitrogens is 3. The Labute approximate surface area is 228 Å². The van der Waals surface area contributed by atoms with Gasteiger partial charge in [-0.05, 0) is 44.2 Å². The van der Waals surface area contributed by atoms with Crippen molar-refractivity contribution in [2.45, 2.75) is 44.2 Å². The molecule has 1 fully saturated rings. The first kappa shape index (κ1) is 27.3. The Morgan fingerprint density at radius 1 is 1.24 bits per heavy atom. The lowest BCUT2D eigenvalue weighted by Crippen LogP contribution is -2.45. The average Bonchev–Trinajstić information content (AvgIpc) is 3.65. The van der Waals surface area contributed by atoms with Gasteiger partial charge in [0.15, 0.2) is 5.96 Å². The molecule has 0 aromatic carbocycles. The Morgan fingerprint density at radius 3 is 2.82 bits per heavy atom. The standard InChI is InChI=1S/C24H30ClN9O3S/c1-28-20(35)15(5-2-3-9-29-24(26)27)31-21(36)17-13-38-22(32-17)18-6-4-10-34(18)23(37)16-12-33-11-14(25)7-8-19(33)30-16/h7-8,11-13,15,18H,2-6,9-10H2,1H3,(H,28,35)(H,31,36)(H4,26,27,29)/t15-,18-/m0/s1. The molecule has 3 amide bonds. The van der Waals surface area contributed by atoms with Crippen LogP contribution in [0, 0.1) is 5.41 Å². The van der Waals surface area contributed by atoms with Crippen molar-refractivity contribution in [3.8, 4) is 0 Å². The van der Waals surface area contributed by atoms with E-state index in [1.807, 2.05) is 0 Å². The molecule has 12 nitrogen and oxygen atoms in total. The van der Waals surface area contributed by atoms with Crippen LogP contribution in [0.15, 0.2) is 29.9 Å². The molecule has 4 rings (SSSR count). The summed E-state index contributed by atoms with van der Waals surface area (Å²) >= 11 is 7.37. The molecule has 4 heterocycles. The maximum absolute atomic E-state index is 13.3. The van der Waals surface area contributed by atoms with Crippen LogP contribution in [0.1, 0.15) is 64.1 Å². The van der Waals surface area contributed by atoms with Crippen LogP contribution < -0.4 is 21.7 Å². The number of pyridine rings is 1. The molecule has 0 radical (unpaired) electrons. The highest BCUT2D eigenvalue weighted by molar-refractivity contribution is 7.09.